The molecule has 182 valence electrons. The van der Waals surface area contributed by atoms with Crippen molar-refractivity contribution < 1.29 is 18.3 Å². The monoisotopic (exact) mass is 566 g/mol. The van der Waals surface area contributed by atoms with Gasteiger partial charge in [-0.2, -0.15) is 8.78 Å². The summed E-state index contributed by atoms with van der Waals surface area (Å²) in [6, 6.07) is 5.29. The van der Waals surface area contributed by atoms with Crippen molar-refractivity contribution in [2.75, 3.05) is 33.8 Å². The second kappa shape index (κ2) is 14.0. The summed E-state index contributed by atoms with van der Waals surface area (Å²) in [6.45, 7) is 0.893. The van der Waals surface area contributed by atoms with E-state index >= 15 is 0 Å². The molecule has 2 aliphatic rings. The number of benzene rings is 1. The van der Waals surface area contributed by atoms with E-state index in [1.165, 1.54) is 51.8 Å². The second-order valence-electron chi connectivity index (χ2n) is 8.50. The smallest absolute Gasteiger partial charge is 0.387 e. The standard InChI is InChI=1S/C23H36F2N4O2.HI/c1-26-23(27-15-18-8-9-20(30-2)14-21(18)31-22(24)25)28-19-10-12-29(13-11-19)16-17-6-4-3-5-7-17;/h8-9,14,17,19,22H,3-7,10-13,15-16H2,1-2H3,(H2,26,27,28);1H. The van der Waals surface area contributed by atoms with Gasteiger partial charge in [-0.15, -0.1) is 24.0 Å². The Morgan fingerprint density at radius 2 is 1.88 bits per heavy atom. The molecule has 0 atom stereocenters. The zero-order chi connectivity index (χ0) is 22.1. The van der Waals surface area contributed by atoms with E-state index in [2.05, 4.69) is 25.3 Å². The fourth-order valence-electron chi connectivity index (χ4n) is 4.58. The average molecular weight is 566 g/mol. The molecule has 0 radical (unpaired) electrons. The van der Waals surface area contributed by atoms with Crippen molar-refractivity contribution in [3.63, 3.8) is 0 Å². The quantitative estimate of drug-likeness (QED) is 0.273. The molecule has 1 aromatic carbocycles. The van der Waals surface area contributed by atoms with Gasteiger partial charge in [0.05, 0.1) is 7.11 Å². The third-order valence-electron chi connectivity index (χ3n) is 6.33. The molecule has 32 heavy (non-hydrogen) atoms. The van der Waals surface area contributed by atoms with Crippen molar-refractivity contribution >= 4 is 29.9 Å². The normalized spacial score (nSPS) is 18.8. The number of ether oxygens (including phenoxy) is 2. The Morgan fingerprint density at radius 3 is 2.50 bits per heavy atom. The Balaban J connectivity index is 0.00000363. The van der Waals surface area contributed by atoms with Gasteiger partial charge in [0.2, 0.25) is 0 Å². The van der Waals surface area contributed by atoms with Gasteiger partial charge in [0.15, 0.2) is 5.96 Å². The van der Waals surface area contributed by atoms with Crippen molar-refractivity contribution in [3.05, 3.63) is 23.8 Å². The maximum Gasteiger partial charge on any atom is 0.387 e. The van der Waals surface area contributed by atoms with Gasteiger partial charge in [0, 0.05) is 50.9 Å². The second-order valence-corrected chi connectivity index (χ2v) is 8.50. The molecule has 1 saturated carbocycles. The van der Waals surface area contributed by atoms with Crippen molar-refractivity contribution in [2.45, 2.75) is 64.1 Å². The molecule has 1 aliphatic heterocycles. The maximum atomic E-state index is 12.8. The average Bonchev–Trinajstić information content (AvgIpc) is 2.78. The number of rotatable bonds is 8. The summed E-state index contributed by atoms with van der Waals surface area (Å²) in [4.78, 5) is 6.91. The molecule has 3 rings (SSSR count). The molecular formula is C23H37F2IN4O2. The number of likely N-dealkylation sites (tertiary alicyclic amines) is 1. The van der Waals surface area contributed by atoms with E-state index in [0.717, 1.165) is 31.8 Å². The van der Waals surface area contributed by atoms with Gasteiger partial charge in [0.25, 0.3) is 0 Å². The van der Waals surface area contributed by atoms with E-state index in [4.69, 9.17) is 4.74 Å². The van der Waals surface area contributed by atoms with Crippen LogP contribution < -0.4 is 20.1 Å². The molecule has 1 aliphatic carbocycles. The highest BCUT2D eigenvalue weighted by Gasteiger charge is 2.23. The van der Waals surface area contributed by atoms with E-state index in [1.807, 2.05) is 0 Å². The third kappa shape index (κ3) is 8.53. The number of halogens is 3. The SMILES string of the molecule is CN=C(NCc1ccc(OC)cc1OC(F)F)NC1CCN(CC2CCCCC2)CC1.I. The minimum atomic E-state index is -2.89. The van der Waals surface area contributed by atoms with E-state index in [-0.39, 0.29) is 29.7 Å². The lowest BCUT2D eigenvalue weighted by Crippen LogP contribution is -2.49. The van der Waals surface area contributed by atoms with Crippen LogP contribution in [0.3, 0.4) is 0 Å². The summed E-state index contributed by atoms with van der Waals surface area (Å²) in [5.74, 6) is 2.13. The number of aliphatic imine (C=N–C) groups is 1. The number of alkyl halides is 2. The number of methoxy groups -OCH3 is 1. The Morgan fingerprint density at radius 1 is 1.16 bits per heavy atom. The van der Waals surface area contributed by atoms with Crippen molar-refractivity contribution in [3.8, 4) is 11.5 Å². The molecule has 0 aromatic heterocycles. The predicted molar refractivity (Wildman–Crippen MR) is 134 cm³/mol. The van der Waals surface area contributed by atoms with Crippen LogP contribution in [0, 0.1) is 5.92 Å². The third-order valence-corrected chi connectivity index (χ3v) is 6.33. The summed E-state index contributed by atoms with van der Waals surface area (Å²) >= 11 is 0. The Hall–Kier alpha value is -1.36. The van der Waals surface area contributed by atoms with E-state index in [1.54, 1.807) is 19.2 Å². The lowest BCUT2D eigenvalue weighted by atomic mass is 9.88. The molecule has 2 fully saturated rings. The first-order valence-electron chi connectivity index (χ1n) is 11.4. The molecule has 0 unspecified atom stereocenters. The van der Waals surface area contributed by atoms with Crippen LogP contribution in [-0.4, -0.2) is 57.3 Å². The molecule has 0 spiro atoms. The van der Waals surface area contributed by atoms with Crippen LogP contribution in [0.25, 0.3) is 0 Å². The van der Waals surface area contributed by atoms with Gasteiger partial charge in [-0.05, 0) is 43.7 Å². The first kappa shape index (κ1) is 26.9. The van der Waals surface area contributed by atoms with Gasteiger partial charge in [-0.3, -0.25) is 4.99 Å². The summed E-state index contributed by atoms with van der Waals surface area (Å²) in [7, 11) is 3.21. The lowest BCUT2D eigenvalue weighted by Gasteiger charge is -2.36. The molecule has 1 heterocycles. The van der Waals surface area contributed by atoms with Crippen LogP contribution in [0.1, 0.15) is 50.5 Å². The predicted octanol–water partition coefficient (Wildman–Crippen LogP) is 4.62. The molecule has 0 amide bonds. The zero-order valence-electron chi connectivity index (χ0n) is 19.1. The first-order chi connectivity index (χ1) is 15.1. The zero-order valence-corrected chi connectivity index (χ0v) is 21.4. The minimum absolute atomic E-state index is 0. The van der Waals surface area contributed by atoms with Crippen LogP contribution in [0.15, 0.2) is 23.2 Å². The summed E-state index contributed by atoms with van der Waals surface area (Å²) in [5.41, 5.74) is 0.617. The topological polar surface area (TPSA) is 58.1 Å². The molecule has 6 nitrogen and oxygen atoms in total. The minimum Gasteiger partial charge on any atom is -0.497 e. The van der Waals surface area contributed by atoms with Crippen LogP contribution in [0.4, 0.5) is 8.78 Å². The van der Waals surface area contributed by atoms with Crippen molar-refractivity contribution in [1.29, 1.82) is 0 Å². The highest BCUT2D eigenvalue weighted by Crippen LogP contribution is 2.27. The molecule has 9 heteroatoms. The van der Waals surface area contributed by atoms with Gasteiger partial charge in [0.1, 0.15) is 11.5 Å². The number of hydrogen-bond donors (Lipinski definition) is 2. The van der Waals surface area contributed by atoms with E-state index < -0.39 is 6.61 Å². The first-order valence-corrected chi connectivity index (χ1v) is 11.4. The Bertz CT molecular complexity index is 709. The van der Waals surface area contributed by atoms with Gasteiger partial charge in [-0.25, -0.2) is 0 Å². The summed E-state index contributed by atoms with van der Waals surface area (Å²) < 4.78 is 35.3. The van der Waals surface area contributed by atoms with Gasteiger partial charge >= 0.3 is 6.61 Å². The van der Waals surface area contributed by atoms with Crippen molar-refractivity contribution in [2.24, 2.45) is 10.9 Å². The van der Waals surface area contributed by atoms with Gasteiger partial charge < -0.3 is 25.0 Å². The summed E-state index contributed by atoms with van der Waals surface area (Å²) in [5, 5.41) is 6.70. The van der Waals surface area contributed by atoms with Gasteiger partial charge in [-0.1, -0.05) is 19.3 Å². The molecule has 1 aromatic rings. The van der Waals surface area contributed by atoms with Crippen molar-refractivity contribution in [1.82, 2.24) is 15.5 Å². The Kier molecular flexibility index (Phi) is 11.8. The maximum absolute atomic E-state index is 12.8. The fraction of sp³-hybridized carbons (Fsp3) is 0.696. The lowest BCUT2D eigenvalue weighted by molar-refractivity contribution is -0.0505. The molecule has 1 saturated heterocycles. The van der Waals surface area contributed by atoms with Crippen LogP contribution >= 0.6 is 24.0 Å². The number of nitrogens with zero attached hydrogens (tertiary/aromatic N) is 2. The summed E-state index contributed by atoms with van der Waals surface area (Å²) in [6.07, 6.45) is 9.12. The molecule has 2 N–H and O–H groups in total. The Labute approximate surface area is 207 Å². The van der Waals surface area contributed by atoms with Crippen LogP contribution in [-0.2, 0) is 6.54 Å². The molecule has 0 bridgehead atoms. The van der Waals surface area contributed by atoms with Crippen LogP contribution in [0.2, 0.25) is 0 Å². The largest absolute Gasteiger partial charge is 0.497 e. The van der Waals surface area contributed by atoms with Crippen LogP contribution in [0.5, 0.6) is 11.5 Å². The highest BCUT2D eigenvalue weighted by atomic mass is 127. The fourth-order valence-corrected chi connectivity index (χ4v) is 4.58. The molecular weight excluding hydrogens is 529 g/mol. The van der Waals surface area contributed by atoms with E-state index in [9.17, 15) is 8.78 Å². The number of guanidine groups is 1. The number of nitrogens with one attached hydrogen (secondary N) is 2. The number of hydrogen-bond acceptors (Lipinski definition) is 4. The van der Waals surface area contributed by atoms with E-state index in [0.29, 0.717) is 29.9 Å². The number of piperidine rings is 1. The highest BCUT2D eigenvalue weighted by molar-refractivity contribution is 14.0.